The Hall–Kier alpha value is -2.82. The van der Waals surface area contributed by atoms with Gasteiger partial charge in [0.1, 0.15) is 16.4 Å². The second-order valence-corrected chi connectivity index (χ2v) is 11.0. The van der Waals surface area contributed by atoms with Gasteiger partial charge in [0.25, 0.3) is 5.56 Å². The summed E-state index contributed by atoms with van der Waals surface area (Å²) in [6.07, 6.45) is 1.39. The molecule has 0 radical (unpaired) electrons. The zero-order chi connectivity index (χ0) is 24.6. The molecule has 0 aliphatic heterocycles. The van der Waals surface area contributed by atoms with E-state index in [9.17, 15) is 14.4 Å². The number of carbonyl (C=O) groups is 2. The van der Waals surface area contributed by atoms with Crippen LogP contribution in [0.2, 0.25) is 0 Å². The predicted molar refractivity (Wildman–Crippen MR) is 140 cm³/mol. The van der Waals surface area contributed by atoms with Gasteiger partial charge in [-0.05, 0) is 51.0 Å². The molecule has 0 fully saturated rings. The van der Waals surface area contributed by atoms with Crippen LogP contribution in [0.5, 0.6) is 0 Å². The Labute approximate surface area is 212 Å². The Morgan fingerprint density at radius 1 is 1.12 bits per heavy atom. The summed E-state index contributed by atoms with van der Waals surface area (Å²) in [5.74, 6) is -0.903. The minimum Gasteiger partial charge on any atom is -0.462 e. The lowest BCUT2D eigenvalue weighted by Gasteiger charge is -2.09. The molecule has 0 aliphatic rings. The van der Waals surface area contributed by atoms with Gasteiger partial charge in [-0.1, -0.05) is 28.1 Å². The number of ether oxygens (including phenoxy) is 1. The molecule has 4 aromatic rings. The number of nitrogens with one attached hydrogen (secondary N) is 1. The highest BCUT2D eigenvalue weighted by Gasteiger charge is 2.23. The molecule has 0 spiro atoms. The second-order valence-electron chi connectivity index (χ2n) is 7.65. The van der Waals surface area contributed by atoms with Crippen LogP contribution >= 0.6 is 38.6 Å². The topological polar surface area (TPSA) is 90.3 Å². The average molecular weight is 560 g/mol. The highest BCUT2D eigenvalue weighted by molar-refractivity contribution is 9.10. The molecule has 0 saturated heterocycles. The quantitative estimate of drug-likeness (QED) is 0.306. The first-order valence-corrected chi connectivity index (χ1v) is 12.9. The van der Waals surface area contributed by atoms with Gasteiger partial charge in [0, 0.05) is 19.8 Å². The lowest BCUT2D eigenvalue weighted by Crippen LogP contribution is -2.28. The first-order valence-electron chi connectivity index (χ1n) is 10.5. The van der Waals surface area contributed by atoms with E-state index in [1.54, 1.807) is 6.92 Å². The first kappa shape index (κ1) is 24.3. The van der Waals surface area contributed by atoms with E-state index < -0.39 is 11.9 Å². The summed E-state index contributed by atoms with van der Waals surface area (Å²) >= 11 is 6.19. The number of fused-ring (bicyclic) bond motifs is 1. The van der Waals surface area contributed by atoms with Crippen LogP contribution in [0, 0.1) is 20.8 Å². The van der Waals surface area contributed by atoms with E-state index in [1.165, 1.54) is 33.6 Å². The zero-order valence-electron chi connectivity index (χ0n) is 19.0. The third kappa shape index (κ3) is 4.57. The maximum absolute atomic E-state index is 13.4. The molecular weight excluding hydrogens is 538 g/mol. The first-order chi connectivity index (χ1) is 16.2. The number of hydrogen-bond donors (Lipinski definition) is 1. The number of aromatic nitrogens is 2. The van der Waals surface area contributed by atoms with Crippen molar-refractivity contribution in [3.05, 3.63) is 66.3 Å². The minimum atomic E-state index is -0.479. The summed E-state index contributed by atoms with van der Waals surface area (Å²) < 4.78 is 7.39. The van der Waals surface area contributed by atoms with Gasteiger partial charge in [-0.15, -0.1) is 22.7 Å². The third-order valence-corrected chi connectivity index (χ3v) is 8.08. The van der Waals surface area contributed by atoms with Crippen molar-refractivity contribution >= 4 is 65.7 Å². The van der Waals surface area contributed by atoms with Crippen LogP contribution in [0.4, 0.5) is 5.00 Å². The maximum atomic E-state index is 13.4. The van der Waals surface area contributed by atoms with E-state index in [4.69, 9.17) is 4.74 Å². The highest BCUT2D eigenvalue weighted by atomic mass is 79.9. The van der Waals surface area contributed by atoms with E-state index in [2.05, 4.69) is 26.2 Å². The number of esters is 1. The fourth-order valence-electron chi connectivity index (χ4n) is 3.70. The SMILES string of the molecule is CCOC(=O)c1c(NC(=O)Cn2cnc3sc(C)c(-c4ccc(Br)cc4)c3c2=O)sc(C)c1C. The second kappa shape index (κ2) is 9.81. The van der Waals surface area contributed by atoms with Gasteiger partial charge >= 0.3 is 5.97 Å². The lowest BCUT2D eigenvalue weighted by molar-refractivity contribution is -0.116. The molecule has 0 saturated carbocycles. The number of benzene rings is 1. The van der Waals surface area contributed by atoms with Crippen LogP contribution in [0.3, 0.4) is 0 Å². The summed E-state index contributed by atoms with van der Waals surface area (Å²) in [5.41, 5.74) is 2.58. The van der Waals surface area contributed by atoms with Gasteiger partial charge in [-0.25, -0.2) is 9.78 Å². The monoisotopic (exact) mass is 559 g/mol. The van der Waals surface area contributed by atoms with E-state index in [0.29, 0.717) is 20.8 Å². The molecule has 0 aliphatic carbocycles. The maximum Gasteiger partial charge on any atom is 0.341 e. The molecule has 0 unspecified atom stereocenters. The normalized spacial score (nSPS) is 11.1. The van der Waals surface area contributed by atoms with Crippen LogP contribution < -0.4 is 10.9 Å². The standard InChI is InChI=1S/C24H22BrN3O4S2/c1-5-32-24(31)18-12(2)13(3)33-22(18)27-17(29)10-28-11-26-21-20(23(28)30)19(14(4)34-21)15-6-8-16(25)9-7-15/h6-9,11H,5,10H2,1-4H3,(H,27,29). The molecule has 0 atom stereocenters. The molecule has 1 amide bonds. The Morgan fingerprint density at radius 2 is 1.82 bits per heavy atom. The van der Waals surface area contributed by atoms with Gasteiger partial charge in [-0.2, -0.15) is 0 Å². The van der Waals surface area contributed by atoms with Crippen molar-refractivity contribution in [1.82, 2.24) is 9.55 Å². The summed E-state index contributed by atoms with van der Waals surface area (Å²) in [7, 11) is 0. The third-order valence-electron chi connectivity index (χ3n) is 5.42. The molecule has 10 heteroatoms. The number of hydrogen-bond acceptors (Lipinski definition) is 7. The largest absolute Gasteiger partial charge is 0.462 e. The van der Waals surface area contributed by atoms with Crippen molar-refractivity contribution in [2.75, 3.05) is 11.9 Å². The number of halogens is 1. The van der Waals surface area contributed by atoms with Gasteiger partial charge in [0.15, 0.2) is 0 Å². The lowest BCUT2D eigenvalue weighted by atomic mass is 10.0. The van der Waals surface area contributed by atoms with Crippen molar-refractivity contribution in [1.29, 1.82) is 0 Å². The Balaban J connectivity index is 1.67. The summed E-state index contributed by atoms with van der Waals surface area (Å²) in [4.78, 5) is 45.6. The van der Waals surface area contributed by atoms with Crippen molar-refractivity contribution < 1.29 is 14.3 Å². The molecule has 1 N–H and O–H groups in total. The Kier molecular flexibility index (Phi) is 7.01. The fourth-order valence-corrected chi connectivity index (χ4v) is 6.03. The van der Waals surface area contributed by atoms with Crippen molar-refractivity contribution in [3.8, 4) is 11.1 Å². The molecular formula is C24H22BrN3O4S2. The van der Waals surface area contributed by atoms with Crippen LogP contribution in [0.25, 0.3) is 21.3 Å². The van der Waals surface area contributed by atoms with Crippen LogP contribution in [0.15, 0.2) is 39.9 Å². The fraction of sp³-hybridized carbons (Fsp3) is 0.250. The molecule has 3 aromatic heterocycles. The number of aryl methyl sites for hydroxylation is 2. The summed E-state index contributed by atoms with van der Waals surface area (Å²) in [6.45, 7) is 7.40. The molecule has 0 bridgehead atoms. The number of rotatable bonds is 6. The molecule has 34 heavy (non-hydrogen) atoms. The number of carbonyl (C=O) groups excluding carboxylic acids is 2. The minimum absolute atomic E-state index is 0.227. The predicted octanol–water partition coefficient (Wildman–Crippen LogP) is 5.69. The van der Waals surface area contributed by atoms with Crippen molar-refractivity contribution in [3.63, 3.8) is 0 Å². The highest BCUT2D eigenvalue weighted by Crippen LogP contribution is 2.36. The number of anilines is 1. The van der Waals surface area contributed by atoms with Crippen molar-refractivity contribution in [2.45, 2.75) is 34.2 Å². The van der Waals surface area contributed by atoms with Gasteiger partial charge in [0.2, 0.25) is 5.91 Å². The summed E-state index contributed by atoms with van der Waals surface area (Å²) in [5, 5.41) is 3.70. The smallest absolute Gasteiger partial charge is 0.341 e. The Bertz CT molecular complexity index is 1470. The van der Waals surface area contributed by atoms with Crippen LogP contribution in [-0.4, -0.2) is 28.0 Å². The van der Waals surface area contributed by atoms with E-state index in [0.717, 1.165) is 30.9 Å². The van der Waals surface area contributed by atoms with E-state index in [1.807, 2.05) is 45.0 Å². The molecule has 7 nitrogen and oxygen atoms in total. The summed E-state index contributed by atoms with van der Waals surface area (Å²) in [6, 6.07) is 7.74. The molecule has 3 heterocycles. The Morgan fingerprint density at radius 3 is 2.50 bits per heavy atom. The van der Waals surface area contributed by atoms with Gasteiger partial charge in [-0.3, -0.25) is 14.2 Å². The average Bonchev–Trinajstić information content (AvgIpc) is 3.26. The number of amides is 1. The number of nitrogens with zero attached hydrogens (tertiary/aromatic N) is 2. The van der Waals surface area contributed by atoms with Gasteiger partial charge < -0.3 is 10.1 Å². The molecule has 176 valence electrons. The van der Waals surface area contributed by atoms with Crippen LogP contribution in [0.1, 0.15) is 32.6 Å². The van der Waals surface area contributed by atoms with Crippen LogP contribution in [-0.2, 0) is 16.1 Å². The van der Waals surface area contributed by atoms with E-state index in [-0.39, 0.29) is 18.7 Å². The van der Waals surface area contributed by atoms with Crippen molar-refractivity contribution in [2.24, 2.45) is 0 Å². The zero-order valence-corrected chi connectivity index (χ0v) is 22.2. The molecule has 1 aromatic carbocycles. The molecule has 4 rings (SSSR count). The number of thiophene rings is 2. The van der Waals surface area contributed by atoms with E-state index >= 15 is 0 Å². The van der Waals surface area contributed by atoms with Gasteiger partial charge in [0.05, 0.1) is 23.9 Å².